The Balaban J connectivity index is 1.94. The fourth-order valence-electron chi connectivity index (χ4n) is 2.69. The summed E-state index contributed by atoms with van der Waals surface area (Å²) < 4.78 is 10.7. The fourth-order valence-corrected chi connectivity index (χ4v) is 3.55. The summed E-state index contributed by atoms with van der Waals surface area (Å²) >= 11 is 1.31. The Morgan fingerprint density at radius 2 is 2.10 bits per heavy atom. The first-order chi connectivity index (χ1) is 15.0. The number of nitrogens with zero attached hydrogens (tertiary/aromatic N) is 3. The van der Waals surface area contributed by atoms with Crippen LogP contribution in [-0.2, 0) is 4.74 Å². The molecule has 0 bridgehead atoms. The summed E-state index contributed by atoms with van der Waals surface area (Å²) in [5.41, 5.74) is 1.93. The summed E-state index contributed by atoms with van der Waals surface area (Å²) in [5, 5.41) is 27.1. The second-order valence-corrected chi connectivity index (χ2v) is 7.11. The molecule has 3 aromatic heterocycles. The first kappa shape index (κ1) is 22.6. The van der Waals surface area contributed by atoms with Crippen LogP contribution in [0.15, 0.2) is 36.0 Å². The Morgan fingerprint density at radius 3 is 2.84 bits per heavy atom. The summed E-state index contributed by atoms with van der Waals surface area (Å²) in [5.74, 6) is 0.680. The highest BCUT2D eigenvalue weighted by atomic mass is 32.1. The average molecular weight is 443 g/mol. The van der Waals surface area contributed by atoms with E-state index < -0.39 is 13.1 Å². The van der Waals surface area contributed by atoms with Gasteiger partial charge in [-0.3, -0.25) is 5.32 Å². The minimum Gasteiger partial charge on any atom is -0.475 e. The average Bonchev–Trinajstić information content (AvgIpc) is 3.24. The molecule has 0 aromatic carbocycles. The van der Waals surface area contributed by atoms with E-state index in [2.05, 4.69) is 25.6 Å². The van der Waals surface area contributed by atoms with Gasteiger partial charge in [0.2, 0.25) is 5.88 Å². The van der Waals surface area contributed by atoms with E-state index in [0.29, 0.717) is 47.5 Å². The van der Waals surface area contributed by atoms with Crippen LogP contribution in [0.25, 0.3) is 21.8 Å². The summed E-state index contributed by atoms with van der Waals surface area (Å²) in [7, 11) is -0.161. The summed E-state index contributed by atoms with van der Waals surface area (Å²) in [6.45, 7) is 3.03. The highest BCUT2D eigenvalue weighted by Gasteiger charge is 2.22. The normalized spacial score (nSPS) is 10.6. The maximum absolute atomic E-state index is 11.8. The van der Waals surface area contributed by atoms with Crippen LogP contribution in [0.5, 0.6) is 5.88 Å². The van der Waals surface area contributed by atoms with Crippen molar-refractivity contribution in [1.29, 1.82) is 0 Å². The van der Waals surface area contributed by atoms with E-state index in [4.69, 9.17) is 9.47 Å². The van der Waals surface area contributed by atoms with Gasteiger partial charge in [-0.25, -0.2) is 19.7 Å². The number of hydrogen-bond donors (Lipinski definition) is 4. The number of methoxy groups -OCH3 is 1. The Bertz CT molecular complexity index is 1030. The minimum atomic E-state index is -1.75. The molecule has 0 aliphatic rings. The first-order valence-corrected chi connectivity index (χ1v) is 10.3. The van der Waals surface area contributed by atoms with Crippen LogP contribution in [0.3, 0.4) is 0 Å². The number of carbonyl (C=O) groups excluding carboxylic acids is 1. The van der Waals surface area contributed by atoms with Crippen molar-refractivity contribution in [2.24, 2.45) is 0 Å². The van der Waals surface area contributed by atoms with E-state index in [0.717, 1.165) is 0 Å². The van der Waals surface area contributed by atoms with Crippen molar-refractivity contribution >= 4 is 35.8 Å². The van der Waals surface area contributed by atoms with E-state index in [-0.39, 0.29) is 11.3 Å². The molecule has 31 heavy (non-hydrogen) atoms. The van der Waals surface area contributed by atoms with E-state index >= 15 is 0 Å². The maximum atomic E-state index is 11.8. The maximum Gasteiger partial charge on any atom is 0.490 e. The van der Waals surface area contributed by atoms with Crippen molar-refractivity contribution in [3.05, 3.63) is 36.0 Å². The number of aromatic nitrogens is 3. The van der Waals surface area contributed by atoms with Crippen molar-refractivity contribution in [3.63, 3.8) is 0 Å². The second-order valence-electron chi connectivity index (χ2n) is 6.25. The molecule has 3 rings (SSSR count). The number of amides is 2. The van der Waals surface area contributed by atoms with Crippen LogP contribution in [-0.4, -0.2) is 65.0 Å². The molecule has 4 N–H and O–H groups in total. The van der Waals surface area contributed by atoms with Crippen LogP contribution in [0.1, 0.15) is 6.92 Å². The van der Waals surface area contributed by atoms with Gasteiger partial charge in [0.05, 0.1) is 17.9 Å². The fraction of sp³-hybridized carbons (Fsp3) is 0.263. The number of rotatable bonds is 9. The van der Waals surface area contributed by atoms with Gasteiger partial charge in [0.25, 0.3) is 0 Å². The van der Waals surface area contributed by atoms with Gasteiger partial charge in [0.1, 0.15) is 17.4 Å². The molecule has 0 saturated heterocycles. The predicted octanol–water partition coefficient (Wildman–Crippen LogP) is 1.11. The van der Waals surface area contributed by atoms with E-state index in [1.165, 1.54) is 17.5 Å². The molecule has 162 valence electrons. The zero-order valence-electron chi connectivity index (χ0n) is 17.0. The van der Waals surface area contributed by atoms with Crippen LogP contribution in [0.2, 0.25) is 0 Å². The highest BCUT2D eigenvalue weighted by Crippen LogP contribution is 2.32. The molecule has 0 fully saturated rings. The number of hydrogen-bond acceptors (Lipinski definition) is 9. The third-order valence-electron chi connectivity index (χ3n) is 4.10. The van der Waals surface area contributed by atoms with Crippen LogP contribution in [0.4, 0.5) is 10.6 Å². The van der Waals surface area contributed by atoms with Crippen molar-refractivity contribution in [1.82, 2.24) is 20.3 Å². The van der Waals surface area contributed by atoms with Crippen LogP contribution >= 0.6 is 11.3 Å². The SMILES string of the molecule is CCNC(=O)Nc1cc(-c2nc(-c3cccnc3OCCOC)cs2)c(B(O)O)cn1. The third-order valence-corrected chi connectivity index (χ3v) is 4.98. The minimum absolute atomic E-state index is 0.171. The number of ether oxygens (including phenoxy) is 2. The molecular formula is C19H22BN5O5S. The molecule has 3 heterocycles. The molecule has 0 atom stereocenters. The third kappa shape index (κ3) is 5.76. The Kier molecular flexibility index (Phi) is 7.90. The molecule has 0 aliphatic carbocycles. The summed E-state index contributed by atoms with van der Waals surface area (Å²) in [6.07, 6.45) is 2.92. The molecule has 0 radical (unpaired) electrons. The number of urea groups is 1. The smallest absolute Gasteiger partial charge is 0.475 e. The van der Waals surface area contributed by atoms with Gasteiger partial charge >= 0.3 is 13.1 Å². The molecular weight excluding hydrogens is 421 g/mol. The highest BCUT2D eigenvalue weighted by molar-refractivity contribution is 7.13. The van der Waals surface area contributed by atoms with Crippen molar-refractivity contribution in [3.8, 4) is 27.7 Å². The molecule has 2 amide bonds. The van der Waals surface area contributed by atoms with Crippen molar-refractivity contribution < 1.29 is 24.3 Å². The topological polar surface area (TPSA) is 139 Å². The molecule has 0 saturated carbocycles. The zero-order chi connectivity index (χ0) is 22.2. The van der Waals surface area contributed by atoms with Crippen molar-refractivity contribution in [2.45, 2.75) is 6.92 Å². The number of carbonyl (C=O) groups is 1. The molecule has 10 nitrogen and oxygen atoms in total. The zero-order valence-corrected chi connectivity index (χ0v) is 17.8. The Morgan fingerprint density at radius 1 is 1.26 bits per heavy atom. The van der Waals surface area contributed by atoms with Gasteiger partial charge in [-0.05, 0) is 25.1 Å². The van der Waals surface area contributed by atoms with E-state index in [9.17, 15) is 14.8 Å². The van der Waals surface area contributed by atoms with Gasteiger partial charge in [-0.15, -0.1) is 11.3 Å². The number of anilines is 1. The Hall–Kier alpha value is -3.06. The van der Waals surface area contributed by atoms with Gasteiger partial charge in [0, 0.05) is 42.5 Å². The first-order valence-electron chi connectivity index (χ1n) is 9.47. The lowest BCUT2D eigenvalue weighted by Gasteiger charge is -2.10. The standard InChI is InChI=1S/C19H22BN5O5S/c1-3-21-19(26)25-16-9-13(14(10-23-16)20(27)28)18-24-15(11-31-18)12-5-4-6-22-17(12)30-8-7-29-2/h4-6,9-11,27-28H,3,7-8H2,1-2H3,(H2,21,23,25,26). The summed E-state index contributed by atoms with van der Waals surface area (Å²) in [6, 6.07) is 4.75. The molecule has 0 unspecified atom stereocenters. The van der Waals surface area contributed by atoms with Crippen LogP contribution in [0, 0.1) is 0 Å². The van der Waals surface area contributed by atoms with Gasteiger partial charge in [0.15, 0.2) is 0 Å². The largest absolute Gasteiger partial charge is 0.490 e. The molecule has 0 aliphatic heterocycles. The lowest BCUT2D eigenvalue weighted by Crippen LogP contribution is -2.33. The molecule has 3 aromatic rings. The lowest BCUT2D eigenvalue weighted by atomic mass is 9.78. The molecule has 12 heteroatoms. The van der Waals surface area contributed by atoms with E-state index in [1.54, 1.807) is 32.4 Å². The molecule has 0 spiro atoms. The lowest BCUT2D eigenvalue weighted by molar-refractivity contribution is 0.144. The predicted molar refractivity (Wildman–Crippen MR) is 118 cm³/mol. The van der Waals surface area contributed by atoms with Crippen molar-refractivity contribution in [2.75, 3.05) is 32.2 Å². The summed E-state index contributed by atoms with van der Waals surface area (Å²) in [4.78, 5) is 24.8. The van der Waals surface area contributed by atoms with Gasteiger partial charge in [-0.1, -0.05) is 0 Å². The number of nitrogens with one attached hydrogen (secondary N) is 2. The number of thiazole rings is 1. The monoisotopic (exact) mass is 443 g/mol. The van der Waals surface area contributed by atoms with Crippen LogP contribution < -0.4 is 20.8 Å². The van der Waals surface area contributed by atoms with E-state index in [1.807, 2.05) is 11.4 Å². The number of pyridine rings is 2. The second kappa shape index (κ2) is 10.8. The Labute approximate surface area is 183 Å². The van der Waals surface area contributed by atoms with Gasteiger partial charge in [-0.2, -0.15) is 0 Å². The van der Waals surface area contributed by atoms with Gasteiger partial charge < -0.3 is 24.8 Å². The quantitative estimate of drug-likeness (QED) is 0.285.